The topological polar surface area (TPSA) is 46.3 Å². The molecule has 4 heteroatoms. The zero-order valence-corrected chi connectivity index (χ0v) is 10.6. The summed E-state index contributed by atoms with van der Waals surface area (Å²) in [5, 5.41) is 0. The molecule has 0 aliphatic rings. The molecule has 0 saturated heterocycles. The van der Waals surface area contributed by atoms with E-state index in [1.54, 1.807) is 37.4 Å². The Morgan fingerprint density at radius 1 is 1.21 bits per heavy atom. The molecule has 0 fully saturated rings. The Bertz CT molecular complexity index is 581. The van der Waals surface area contributed by atoms with Gasteiger partial charge in [0.1, 0.15) is 5.82 Å². The molecule has 0 heterocycles. The molecule has 0 bridgehead atoms. The molecule has 1 amide bonds. The van der Waals surface area contributed by atoms with Gasteiger partial charge in [-0.3, -0.25) is 4.79 Å². The minimum Gasteiger partial charge on any atom is -0.326 e. The lowest BCUT2D eigenvalue weighted by Crippen LogP contribution is -2.26. The average molecular weight is 258 g/mol. The van der Waals surface area contributed by atoms with Crippen molar-refractivity contribution in [2.75, 3.05) is 11.9 Å². The highest BCUT2D eigenvalue weighted by Crippen LogP contribution is 2.16. The van der Waals surface area contributed by atoms with Gasteiger partial charge < -0.3 is 10.6 Å². The van der Waals surface area contributed by atoms with E-state index in [0.29, 0.717) is 17.8 Å². The molecule has 0 aliphatic carbocycles. The minimum atomic E-state index is -0.324. The van der Waals surface area contributed by atoms with E-state index < -0.39 is 0 Å². The van der Waals surface area contributed by atoms with Gasteiger partial charge in [0.15, 0.2) is 0 Å². The van der Waals surface area contributed by atoms with Crippen LogP contribution in [0.3, 0.4) is 0 Å². The van der Waals surface area contributed by atoms with Crippen LogP contribution in [0.1, 0.15) is 15.9 Å². The van der Waals surface area contributed by atoms with Gasteiger partial charge in [0.25, 0.3) is 5.91 Å². The molecule has 0 atom stereocenters. The highest BCUT2D eigenvalue weighted by Gasteiger charge is 2.13. The molecule has 19 heavy (non-hydrogen) atoms. The van der Waals surface area contributed by atoms with Crippen molar-refractivity contribution in [1.29, 1.82) is 0 Å². The number of amides is 1. The Balaban J connectivity index is 2.25. The third-order valence-electron chi connectivity index (χ3n) is 2.93. The Kier molecular flexibility index (Phi) is 3.92. The first-order chi connectivity index (χ1) is 9.11. The summed E-state index contributed by atoms with van der Waals surface area (Å²) in [5.41, 5.74) is 7.67. The Morgan fingerprint density at radius 3 is 2.53 bits per heavy atom. The lowest BCUT2D eigenvalue weighted by Gasteiger charge is -2.17. The summed E-state index contributed by atoms with van der Waals surface area (Å²) in [6.45, 7) is 0.390. The van der Waals surface area contributed by atoms with Gasteiger partial charge in [-0.15, -0.1) is 0 Å². The lowest BCUT2D eigenvalue weighted by atomic mass is 10.1. The number of hydrogen-bond donors (Lipinski definition) is 1. The standard InChI is InChI=1S/C15H15FN2O/c1-18(14-7-5-13(16)6-8-14)15(19)12-4-2-3-11(9-12)10-17/h2-9H,10,17H2,1H3. The summed E-state index contributed by atoms with van der Waals surface area (Å²) in [5.74, 6) is -0.475. The number of nitrogens with two attached hydrogens (primary N) is 1. The van der Waals surface area contributed by atoms with Crippen LogP contribution < -0.4 is 10.6 Å². The maximum Gasteiger partial charge on any atom is 0.258 e. The van der Waals surface area contributed by atoms with Crippen LogP contribution in [-0.4, -0.2) is 13.0 Å². The van der Waals surface area contributed by atoms with Crippen molar-refractivity contribution in [2.45, 2.75) is 6.54 Å². The Hall–Kier alpha value is -2.20. The monoisotopic (exact) mass is 258 g/mol. The van der Waals surface area contributed by atoms with Gasteiger partial charge in [-0.05, 0) is 42.0 Å². The molecule has 0 aromatic heterocycles. The normalized spacial score (nSPS) is 10.3. The van der Waals surface area contributed by atoms with Crippen molar-refractivity contribution < 1.29 is 9.18 Å². The molecule has 0 saturated carbocycles. The lowest BCUT2D eigenvalue weighted by molar-refractivity contribution is 0.0993. The van der Waals surface area contributed by atoms with Crippen LogP contribution in [-0.2, 0) is 6.54 Å². The van der Waals surface area contributed by atoms with Crippen LogP contribution in [0.5, 0.6) is 0 Å². The number of benzene rings is 2. The summed E-state index contributed by atoms with van der Waals surface area (Å²) in [4.78, 5) is 13.8. The first kappa shape index (κ1) is 13.2. The number of carbonyl (C=O) groups excluding carboxylic acids is 1. The molecule has 2 rings (SSSR count). The summed E-state index contributed by atoms with van der Waals surface area (Å²) >= 11 is 0. The van der Waals surface area contributed by atoms with Gasteiger partial charge in [-0.2, -0.15) is 0 Å². The zero-order chi connectivity index (χ0) is 13.8. The fourth-order valence-corrected chi connectivity index (χ4v) is 1.81. The van der Waals surface area contributed by atoms with Crippen molar-refractivity contribution in [3.05, 3.63) is 65.5 Å². The van der Waals surface area contributed by atoms with Gasteiger partial charge >= 0.3 is 0 Å². The van der Waals surface area contributed by atoms with Crippen LogP contribution in [0.4, 0.5) is 10.1 Å². The zero-order valence-electron chi connectivity index (χ0n) is 10.6. The summed E-state index contributed by atoms with van der Waals surface area (Å²) in [6, 6.07) is 13.0. The number of carbonyl (C=O) groups is 1. The van der Waals surface area contributed by atoms with E-state index in [1.165, 1.54) is 17.0 Å². The van der Waals surface area contributed by atoms with Crippen molar-refractivity contribution in [1.82, 2.24) is 0 Å². The van der Waals surface area contributed by atoms with E-state index in [0.717, 1.165) is 5.56 Å². The molecule has 0 unspecified atom stereocenters. The fourth-order valence-electron chi connectivity index (χ4n) is 1.81. The Labute approximate surface area is 111 Å². The highest BCUT2D eigenvalue weighted by molar-refractivity contribution is 6.05. The highest BCUT2D eigenvalue weighted by atomic mass is 19.1. The molecular weight excluding hydrogens is 243 g/mol. The number of hydrogen-bond acceptors (Lipinski definition) is 2. The molecule has 2 N–H and O–H groups in total. The van der Waals surface area contributed by atoms with Gasteiger partial charge in [0.2, 0.25) is 0 Å². The third-order valence-corrected chi connectivity index (χ3v) is 2.93. The summed E-state index contributed by atoms with van der Waals surface area (Å²) < 4.78 is 12.9. The minimum absolute atomic E-state index is 0.151. The molecule has 2 aromatic carbocycles. The summed E-state index contributed by atoms with van der Waals surface area (Å²) in [6.07, 6.45) is 0. The number of rotatable bonds is 3. The van der Waals surface area contributed by atoms with Crippen molar-refractivity contribution in [3.8, 4) is 0 Å². The molecular formula is C15H15FN2O. The van der Waals surface area contributed by atoms with E-state index in [-0.39, 0.29) is 11.7 Å². The van der Waals surface area contributed by atoms with Crippen LogP contribution >= 0.6 is 0 Å². The van der Waals surface area contributed by atoms with E-state index in [1.807, 2.05) is 6.07 Å². The smallest absolute Gasteiger partial charge is 0.258 e. The second-order valence-electron chi connectivity index (χ2n) is 4.25. The van der Waals surface area contributed by atoms with Crippen LogP contribution in [0.25, 0.3) is 0 Å². The maximum absolute atomic E-state index is 12.9. The molecule has 98 valence electrons. The van der Waals surface area contributed by atoms with Crippen molar-refractivity contribution in [3.63, 3.8) is 0 Å². The number of anilines is 1. The van der Waals surface area contributed by atoms with Crippen molar-refractivity contribution >= 4 is 11.6 Å². The van der Waals surface area contributed by atoms with Gasteiger partial charge in [0.05, 0.1) is 0 Å². The molecule has 0 radical (unpaired) electrons. The van der Waals surface area contributed by atoms with Gasteiger partial charge in [-0.1, -0.05) is 12.1 Å². The average Bonchev–Trinajstić information content (AvgIpc) is 2.46. The first-order valence-electron chi connectivity index (χ1n) is 5.94. The van der Waals surface area contributed by atoms with E-state index in [4.69, 9.17) is 5.73 Å². The van der Waals surface area contributed by atoms with Crippen LogP contribution in [0.2, 0.25) is 0 Å². The van der Waals surface area contributed by atoms with E-state index in [2.05, 4.69) is 0 Å². The van der Waals surface area contributed by atoms with Gasteiger partial charge in [0, 0.05) is 24.8 Å². The second-order valence-corrected chi connectivity index (χ2v) is 4.25. The van der Waals surface area contributed by atoms with E-state index in [9.17, 15) is 9.18 Å². The van der Waals surface area contributed by atoms with Crippen LogP contribution in [0.15, 0.2) is 48.5 Å². The molecule has 0 aliphatic heterocycles. The molecule has 0 spiro atoms. The SMILES string of the molecule is CN(C(=O)c1cccc(CN)c1)c1ccc(F)cc1. The summed E-state index contributed by atoms with van der Waals surface area (Å²) in [7, 11) is 1.66. The van der Waals surface area contributed by atoms with E-state index >= 15 is 0 Å². The largest absolute Gasteiger partial charge is 0.326 e. The molecule has 2 aromatic rings. The molecule has 3 nitrogen and oxygen atoms in total. The predicted molar refractivity (Wildman–Crippen MR) is 73.5 cm³/mol. The third kappa shape index (κ3) is 2.98. The van der Waals surface area contributed by atoms with Gasteiger partial charge in [-0.25, -0.2) is 4.39 Å². The fraction of sp³-hybridized carbons (Fsp3) is 0.133. The first-order valence-corrected chi connectivity index (χ1v) is 5.94. The number of nitrogens with zero attached hydrogens (tertiary/aromatic N) is 1. The Morgan fingerprint density at radius 2 is 1.89 bits per heavy atom. The second kappa shape index (κ2) is 5.63. The number of halogens is 1. The maximum atomic E-state index is 12.9. The quantitative estimate of drug-likeness (QED) is 0.919. The van der Waals surface area contributed by atoms with Crippen LogP contribution in [0, 0.1) is 5.82 Å². The van der Waals surface area contributed by atoms with Crippen molar-refractivity contribution in [2.24, 2.45) is 5.73 Å². The predicted octanol–water partition coefficient (Wildman–Crippen LogP) is 2.56.